The molecule has 488 valence electrons. The summed E-state index contributed by atoms with van der Waals surface area (Å²) in [6, 6.07) is 0. The fourth-order valence-corrected chi connectivity index (χ4v) is 10.4. The minimum Gasteiger partial charge on any atom is -0.329 e. The van der Waals surface area contributed by atoms with E-state index in [2.05, 4.69) is 68.6 Å². The van der Waals surface area contributed by atoms with E-state index in [1.165, 1.54) is 0 Å². The smallest absolute Gasteiger partial charge is 0.0530 e. The lowest BCUT2D eigenvalue weighted by Crippen LogP contribution is -2.53. The van der Waals surface area contributed by atoms with Crippen LogP contribution in [0.4, 0.5) is 0 Å². The van der Waals surface area contributed by atoms with Crippen LogP contribution < -0.4 is 91.7 Å². The van der Waals surface area contributed by atoms with Crippen molar-refractivity contribution < 1.29 is 0 Å². The van der Waals surface area contributed by atoms with E-state index < -0.39 is 0 Å². The Hall–Kier alpha value is -1.20. The zero-order chi connectivity index (χ0) is 60.1. The van der Waals surface area contributed by atoms with Crippen molar-refractivity contribution in [2.24, 2.45) is 91.7 Å². The van der Waals surface area contributed by atoms with E-state index in [-0.39, 0.29) is 0 Å². The average Bonchev–Trinajstić information content (AvgIpc) is 3.44. The molecule has 0 rings (SSSR count). The number of hydrogen-bond acceptors (Lipinski definition) is 30. The standard InChI is InChI=1S/C51H134N30/c52-6-28-68(40-64)18-1-22-76(44-72(32-10-56)33-11-57)48-80(49-77(45-73(34-12-58)35-13-59)23-2-19-69(41-65)29-7-53)26-5-27-81(50-78(46-74(36-14-60)37-15-61)24-3-20-70(42-66)30-8-54)51-79(47-75(38-16-62)39-17-63)25-4-21-71(43-67)31-9-55/h1-67H2. The van der Waals surface area contributed by atoms with Gasteiger partial charge < -0.3 is 91.7 Å². The summed E-state index contributed by atoms with van der Waals surface area (Å²) < 4.78 is 0. The average molecular weight is 1170 g/mol. The molecule has 0 radical (unpaired) electrons. The molecule has 30 nitrogen and oxygen atoms in total. The quantitative estimate of drug-likeness (QED) is 0.0252. The molecule has 0 aliphatic heterocycles. The first-order valence-electron chi connectivity index (χ1n) is 30.8. The van der Waals surface area contributed by atoms with E-state index >= 15 is 0 Å². The van der Waals surface area contributed by atoms with Gasteiger partial charge in [-0.05, 0) is 32.1 Å². The third-order valence-electron chi connectivity index (χ3n) is 14.3. The fraction of sp³-hybridized carbons (Fsp3) is 1.00. The Balaban J connectivity index is 7.81. The van der Waals surface area contributed by atoms with Crippen LogP contribution in [0, 0.1) is 0 Å². The molecule has 81 heavy (non-hydrogen) atoms. The summed E-state index contributed by atoms with van der Waals surface area (Å²) in [6.07, 6.45) is 4.58. The van der Waals surface area contributed by atoms with Gasteiger partial charge in [-0.25, -0.2) is 0 Å². The highest BCUT2D eigenvalue weighted by Gasteiger charge is 2.24. The second-order valence-electron chi connectivity index (χ2n) is 21.4. The Bertz CT molecular complexity index is 1090. The topological polar surface area (TPSA) is 462 Å². The third-order valence-corrected chi connectivity index (χ3v) is 14.3. The molecule has 30 heteroatoms. The molecular formula is C51H134N30. The summed E-state index contributed by atoms with van der Waals surface area (Å²) in [5.41, 5.74) is 98.6. The Labute approximate surface area is 493 Å². The van der Waals surface area contributed by atoms with Gasteiger partial charge >= 0.3 is 0 Å². The molecule has 0 aliphatic rings. The normalized spacial score (nSPS) is 12.8. The van der Waals surface area contributed by atoms with Crippen molar-refractivity contribution in [1.82, 2.24) is 68.6 Å². The number of rotatable bonds is 64. The Morgan fingerprint density at radius 2 is 0.235 bits per heavy atom. The van der Waals surface area contributed by atoms with E-state index in [1.54, 1.807) is 0 Å². The predicted molar refractivity (Wildman–Crippen MR) is 340 cm³/mol. The minimum atomic E-state index is 0.460. The lowest BCUT2D eigenvalue weighted by molar-refractivity contribution is 0.00401. The van der Waals surface area contributed by atoms with E-state index in [9.17, 15) is 0 Å². The molecular weight excluding hydrogens is 1030 g/mol. The van der Waals surface area contributed by atoms with Gasteiger partial charge in [0.2, 0.25) is 0 Å². The van der Waals surface area contributed by atoms with Crippen LogP contribution in [0.25, 0.3) is 0 Å². The zero-order valence-corrected chi connectivity index (χ0v) is 51.6. The lowest BCUT2D eigenvalue weighted by Gasteiger charge is -2.40. The molecule has 0 amide bonds. The number of nitrogens with two attached hydrogens (primary N) is 16. The van der Waals surface area contributed by atoms with Crippen molar-refractivity contribution in [2.45, 2.75) is 32.1 Å². The molecule has 0 unspecified atom stereocenters. The second kappa shape index (κ2) is 56.6. The van der Waals surface area contributed by atoms with Crippen LogP contribution in [0.15, 0.2) is 0 Å². The number of hydrogen-bond donors (Lipinski definition) is 16. The predicted octanol–water partition coefficient (Wildman–Crippen LogP) is -10.0. The van der Waals surface area contributed by atoms with Gasteiger partial charge in [-0.1, -0.05) is 0 Å². The van der Waals surface area contributed by atoms with E-state index in [0.717, 1.165) is 229 Å². The SMILES string of the molecule is NCCN(CN)CCCN(CN(CCN)CCN)CN(CCCN(CN(CCCN(CN)CCN)CN(CCN)CCN)CN(CCCN(CN)CCN)CN(CCN)CCN)CN(CCCN(CN)CCN)CN(CCN)CCN. The van der Waals surface area contributed by atoms with Gasteiger partial charge in [0.15, 0.2) is 0 Å². The summed E-state index contributed by atoms with van der Waals surface area (Å²) >= 11 is 0. The van der Waals surface area contributed by atoms with Crippen molar-refractivity contribution in [3.05, 3.63) is 0 Å². The molecule has 0 bridgehead atoms. The molecule has 32 N–H and O–H groups in total. The van der Waals surface area contributed by atoms with Crippen molar-refractivity contribution in [3.8, 4) is 0 Å². The fourth-order valence-electron chi connectivity index (χ4n) is 10.4. The zero-order valence-electron chi connectivity index (χ0n) is 51.6. The Morgan fingerprint density at radius 3 is 0.358 bits per heavy atom. The maximum absolute atomic E-state index is 6.23. The highest BCUT2D eigenvalue weighted by Crippen LogP contribution is 2.11. The van der Waals surface area contributed by atoms with Gasteiger partial charge in [0.25, 0.3) is 0 Å². The maximum atomic E-state index is 6.23. The molecule has 0 spiro atoms. The van der Waals surface area contributed by atoms with Gasteiger partial charge in [0.05, 0.1) is 53.3 Å². The summed E-state index contributed by atoms with van der Waals surface area (Å²) in [4.78, 5) is 33.8. The van der Waals surface area contributed by atoms with Gasteiger partial charge in [0, 0.05) is 249 Å². The Morgan fingerprint density at radius 1 is 0.123 bits per heavy atom. The van der Waals surface area contributed by atoms with Crippen LogP contribution in [0.2, 0.25) is 0 Å². The van der Waals surface area contributed by atoms with Crippen molar-refractivity contribution in [2.75, 3.05) is 303 Å². The van der Waals surface area contributed by atoms with Gasteiger partial charge in [-0.2, -0.15) is 0 Å². The van der Waals surface area contributed by atoms with Gasteiger partial charge in [-0.15, -0.1) is 0 Å². The summed E-state index contributed by atoms with van der Waals surface area (Å²) in [7, 11) is 0. The van der Waals surface area contributed by atoms with Crippen LogP contribution in [-0.4, -0.2) is 371 Å². The minimum absolute atomic E-state index is 0.460. The maximum Gasteiger partial charge on any atom is 0.0530 e. The summed E-state index contributed by atoms with van der Waals surface area (Å²) in [6.45, 7) is 31.5. The molecule has 0 atom stereocenters. The summed E-state index contributed by atoms with van der Waals surface area (Å²) in [5, 5.41) is 0. The molecule has 0 saturated carbocycles. The highest BCUT2D eigenvalue weighted by atomic mass is 15.5. The third kappa shape index (κ3) is 42.3. The first-order chi connectivity index (χ1) is 39.5. The molecule has 0 fully saturated rings. The van der Waals surface area contributed by atoms with E-state index in [4.69, 9.17) is 91.7 Å². The van der Waals surface area contributed by atoms with Gasteiger partial charge in [0.1, 0.15) is 0 Å². The first kappa shape index (κ1) is 79.8. The Kier molecular flexibility index (Phi) is 55.8. The van der Waals surface area contributed by atoms with E-state index in [1.807, 2.05) is 0 Å². The largest absolute Gasteiger partial charge is 0.329 e. The van der Waals surface area contributed by atoms with Crippen molar-refractivity contribution in [3.63, 3.8) is 0 Å². The highest BCUT2D eigenvalue weighted by molar-refractivity contribution is 4.74. The molecule has 0 aliphatic carbocycles. The van der Waals surface area contributed by atoms with E-state index in [0.29, 0.717) is 105 Å². The van der Waals surface area contributed by atoms with Crippen molar-refractivity contribution in [1.29, 1.82) is 0 Å². The summed E-state index contributed by atoms with van der Waals surface area (Å²) in [5.74, 6) is 0. The first-order valence-corrected chi connectivity index (χ1v) is 30.8. The van der Waals surface area contributed by atoms with Crippen LogP contribution >= 0.6 is 0 Å². The monoisotopic (exact) mass is 1170 g/mol. The van der Waals surface area contributed by atoms with Gasteiger partial charge in [-0.3, -0.25) is 68.6 Å². The second-order valence-corrected chi connectivity index (χ2v) is 21.4. The molecule has 0 aromatic heterocycles. The van der Waals surface area contributed by atoms with Crippen LogP contribution in [0.1, 0.15) is 32.1 Å². The molecule has 0 saturated heterocycles. The molecule has 0 aromatic carbocycles. The molecule has 0 aromatic rings. The van der Waals surface area contributed by atoms with Crippen LogP contribution in [0.3, 0.4) is 0 Å². The van der Waals surface area contributed by atoms with Crippen molar-refractivity contribution >= 4 is 0 Å². The van der Waals surface area contributed by atoms with Crippen LogP contribution in [0.5, 0.6) is 0 Å². The van der Waals surface area contributed by atoms with Crippen LogP contribution in [-0.2, 0) is 0 Å². The number of nitrogens with zero attached hydrogens (tertiary/aromatic N) is 14. The molecule has 0 heterocycles. The lowest BCUT2D eigenvalue weighted by atomic mass is 10.3.